The summed E-state index contributed by atoms with van der Waals surface area (Å²) in [6, 6.07) is 0.116. The van der Waals surface area contributed by atoms with Gasteiger partial charge in [-0.05, 0) is 20.9 Å². The van der Waals surface area contributed by atoms with E-state index in [-0.39, 0.29) is 6.04 Å². The highest BCUT2D eigenvalue weighted by Crippen LogP contribution is 2.05. The lowest BCUT2D eigenvalue weighted by atomic mass is 10.2. The zero-order valence-electron chi connectivity index (χ0n) is 9.47. The lowest BCUT2D eigenvalue weighted by Gasteiger charge is -2.22. The Bertz CT molecular complexity index is 334. The van der Waals surface area contributed by atoms with E-state index in [0.29, 0.717) is 4.99 Å². The minimum absolute atomic E-state index is 0.116. The van der Waals surface area contributed by atoms with Gasteiger partial charge in [-0.25, -0.2) is 0 Å². The standard InChI is InChI=1S/C10H18N4S/c1-4-14-7-9(5-12-14)6-13(3)8(2)10(11)15/h5,7-8H,4,6H2,1-3H3,(H2,11,15). The van der Waals surface area contributed by atoms with Gasteiger partial charge in [0.15, 0.2) is 0 Å². The molecule has 0 amide bonds. The van der Waals surface area contributed by atoms with Crippen molar-refractivity contribution in [1.29, 1.82) is 0 Å². The maximum absolute atomic E-state index is 5.59. The van der Waals surface area contributed by atoms with Crippen LogP contribution in [0.4, 0.5) is 0 Å². The molecule has 2 N–H and O–H groups in total. The number of hydrogen-bond donors (Lipinski definition) is 1. The van der Waals surface area contributed by atoms with Crippen LogP contribution < -0.4 is 5.73 Å². The van der Waals surface area contributed by atoms with E-state index in [1.807, 2.05) is 31.0 Å². The van der Waals surface area contributed by atoms with Gasteiger partial charge in [0.1, 0.15) is 0 Å². The molecule has 1 heterocycles. The second kappa shape index (κ2) is 5.23. The molecule has 1 unspecified atom stereocenters. The molecule has 0 radical (unpaired) electrons. The third-order valence-electron chi connectivity index (χ3n) is 2.52. The molecular weight excluding hydrogens is 208 g/mol. The van der Waals surface area contributed by atoms with Gasteiger partial charge >= 0.3 is 0 Å². The summed E-state index contributed by atoms with van der Waals surface area (Å²) in [6.45, 7) is 5.79. The predicted molar refractivity (Wildman–Crippen MR) is 65.6 cm³/mol. The lowest BCUT2D eigenvalue weighted by Crippen LogP contribution is -2.38. The van der Waals surface area contributed by atoms with Crippen LogP contribution >= 0.6 is 12.2 Å². The number of aromatic nitrogens is 2. The van der Waals surface area contributed by atoms with Crippen molar-refractivity contribution in [3.63, 3.8) is 0 Å². The van der Waals surface area contributed by atoms with Crippen LogP contribution in [-0.2, 0) is 13.1 Å². The Balaban J connectivity index is 2.57. The Morgan fingerprint density at radius 2 is 2.40 bits per heavy atom. The number of nitrogens with two attached hydrogens (primary N) is 1. The van der Waals surface area contributed by atoms with E-state index in [9.17, 15) is 0 Å². The molecule has 0 saturated carbocycles. The van der Waals surface area contributed by atoms with E-state index in [1.54, 1.807) is 0 Å². The van der Waals surface area contributed by atoms with Gasteiger partial charge in [0, 0.05) is 24.8 Å². The molecule has 5 heteroatoms. The fourth-order valence-electron chi connectivity index (χ4n) is 1.30. The Morgan fingerprint density at radius 1 is 1.73 bits per heavy atom. The molecule has 0 aromatic carbocycles. The average molecular weight is 226 g/mol. The molecular formula is C10H18N4S. The van der Waals surface area contributed by atoms with Crippen molar-refractivity contribution in [1.82, 2.24) is 14.7 Å². The summed E-state index contributed by atoms with van der Waals surface area (Å²) < 4.78 is 1.91. The van der Waals surface area contributed by atoms with Crippen LogP contribution in [0.25, 0.3) is 0 Å². The van der Waals surface area contributed by atoms with Crippen molar-refractivity contribution in [3.05, 3.63) is 18.0 Å². The molecule has 0 aliphatic heterocycles. The molecule has 0 aliphatic carbocycles. The Hall–Kier alpha value is -0.940. The van der Waals surface area contributed by atoms with Gasteiger partial charge in [-0.15, -0.1) is 0 Å². The number of likely N-dealkylation sites (N-methyl/N-ethyl adjacent to an activating group) is 1. The Labute approximate surface area is 96.1 Å². The molecule has 0 saturated heterocycles. The van der Waals surface area contributed by atoms with Gasteiger partial charge in [-0.3, -0.25) is 9.58 Å². The van der Waals surface area contributed by atoms with Crippen LogP contribution in [0.3, 0.4) is 0 Å². The fraction of sp³-hybridized carbons (Fsp3) is 0.600. The highest BCUT2D eigenvalue weighted by atomic mass is 32.1. The Kier molecular flexibility index (Phi) is 4.23. The summed E-state index contributed by atoms with van der Waals surface area (Å²) in [5.74, 6) is 0. The van der Waals surface area contributed by atoms with Crippen LogP contribution in [0.2, 0.25) is 0 Å². The third-order valence-corrected chi connectivity index (χ3v) is 2.86. The predicted octanol–water partition coefficient (Wildman–Crippen LogP) is 1.01. The van der Waals surface area contributed by atoms with Crippen molar-refractivity contribution >= 4 is 17.2 Å². The van der Waals surface area contributed by atoms with E-state index in [2.05, 4.69) is 16.9 Å². The summed E-state index contributed by atoms with van der Waals surface area (Å²) in [7, 11) is 2.01. The van der Waals surface area contributed by atoms with Crippen molar-refractivity contribution in [2.45, 2.75) is 33.0 Å². The highest BCUT2D eigenvalue weighted by Gasteiger charge is 2.12. The summed E-state index contributed by atoms with van der Waals surface area (Å²) in [4.78, 5) is 2.64. The van der Waals surface area contributed by atoms with E-state index < -0.39 is 0 Å². The molecule has 0 fully saturated rings. The van der Waals surface area contributed by atoms with Gasteiger partial charge in [0.05, 0.1) is 17.2 Å². The lowest BCUT2D eigenvalue weighted by molar-refractivity contribution is 0.304. The largest absolute Gasteiger partial charge is 0.392 e. The maximum atomic E-state index is 5.59. The van der Waals surface area contributed by atoms with Gasteiger partial charge in [0.2, 0.25) is 0 Å². The minimum Gasteiger partial charge on any atom is -0.392 e. The van der Waals surface area contributed by atoms with Crippen LogP contribution in [-0.4, -0.2) is 32.8 Å². The normalized spacial score (nSPS) is 13.1. The molecule has 1 aromatic heterocycles. The zero-order chi connectivity index (χ0) is 11.4. The molecule has 0 aliphatic rings. The average Bonchev–Trinajstić information content (AvgIpc) is 2.64. The third kappa shape index (κ3) is 3.28. The van der Waals surface area contributed by atoms with Crippen LogP contribution in [0.1, 0.15) is 19.4 Å². The zero-order valence-corrected chi connectivity index (χ0v) is 10.3. The summed E-state index contributed by atoms with van der Waals surface area (Å²) in [6.07, 6.45) is 3.93. The van der Waals surface area contributed by atoms with Crippen LogP contribution in [0, 0.1) is 0 Å². The molecule has 84 valence electrons. The summed E-state index contributed by atoms with van der Waals surface area (Å²) in [5.41, 5.74) is 6.77. The van der Waals surface area contributed by atoms with E-state index in [0.717, 1.165) is 13.1 Å². The molecule has 1 atom stereocenters. The molecule has 0 spiro atoms. The topological polar surface area (TPSA) is 47.1 Å². The molecule has 4 nitrogen and oxygen atoms in total. The molecule has 15 heavy (non-hydrogen) atoms. The van der Waals surface area contributed by atoms with Crippen LogP contribution in [0.5, 0.6) is 0 Å². The van der Waals surface area contributed by atoms with Crippen molar-refractivity contribution in [3.8, 4) is 0 Å². The van der Waals surface area contributed by atoms with Crippen molar-refractivity contribution in [2.75, 3.05) is 7.05 Å². The van der Waals surface area contributed by atoms with Gasteiger partial charge in [-0.2, -0.15) is 5.10 Å². The van der Waals surface area contributed by atoms with Crippen molar-refractivity contribution in [2.24, 2.45) is 5.73 Å². The monoisotopic (exact) mass is 226 g/mol. The Morgan fingerprint density at radius 3 is 2.87 bits per heavy atom. The second-order valence-corrected chi connectivity index (χ2v) is 4.17. The van der Waals surface area contributed by atoms with Gasteiger partial charge in [-0.1, -0.05) is 12.2 Å². The maximum Gasteiger partial charge on any atom is 0.0899 e. The quantitative estimate of drug-likeness (QED) is 0.761. The van der Waals surface area contributed by atoms with E-state index in [4.69, 9.17) is 18.0 Å². The first-order valence-corrected chi connectivity index (χ1v) is 5.46. The number of aryl methyl sites for hydroxylation is 1. The molecule has 1 rings (SSSR count). The van der Waals surface area contributed by atoms with E-state index >= 15 is 0 Å². The van der Waals surface area contributed by atoms with Crippen LogP contribution in [0.15, 0.2) is 12.4 Å². The first-order chi connectivity index (χ1) is 7.04. The smallest absolute Gasteiger partial charge is 0.0899 e. The number of thiocarbonyl (C=S) groups is 1. The van der Waals surface area contributed by atoms with Gasteiger partial charge < -0.3 is 5.73 Å². The first kappa shape index (κ1) is 12.1. The number of nitrogens with zero attached hydrogens (tertiary/aromatic N) is 3. The van der Waals surface area contributed by atoms with E-state index in [1.165, 1.54) is 5.56 Å². The molecule has 0 bridgehead atoms. The highest BCUT2D eigenvalue weighted by molar-refractivity contribution is 7.80. The van der Waals surface area contributed by atoms with Gasteiger partial charge in [0.25, 0.3) is 0 Å². The second-order valence-electron chi connectivity index (χ2n) is 3.70. The number of rotatable bonds is 5. The minimum atomic E-state index is 0.116. The summed E-state index contributed by atoms with van der Waals surface area (Å²) in [5, 5.41) is 4.22. The van der Waals surface area contributed by atoms with Crippen molar-refractivity contribution < 1.29 is 0 Å². The SMILES string of the molecule is CCn1cc(CN(C)C(C)C(N)=S)cn1. The fourth-order valence-corrected chi connectivity index (χ4v) is 1.48. The number of hydrogen-bond acceptors (Lipinski definition) is 3. The summed E-state index contributed by atoms with van der Waals surface area (Å²) >= 11 is 4.95. The molecule has 1 aromatic rings. The first-order valence-electron chi connectivity index (χ1n) is 5.05.